The number of alkyl halides is 9. The van der Waals surface area contributed by atoms with Crippen molar-refractivity contribution >= 4 is 35.2 Å². The van der Waals surface area contributed by atoms with Gasteiger partial charge in [0.15, 0.2) is 5.69 Å². The maximum atomic E-state index is 12.9. The van der Waals surface area contributed by atoms with Gasteiger partial charge in [0.2, 0.25) is 0 Å². The van der Waals surface area contributed by atoms with Gasteiger partial charge in [0.25, 0.3) is 5.91 Å². The van der Waals surface area contributed by atoms with Crippen molar-refractivity contribution in [2.75, 3.05) is 33.2 Å². The Bertz CT molecular complexity index is 1250. The number of piperazine rings is 1. The summed E-state index contributed by atoms with van der Waals surface area (Å²) in [5, 5.41) is 28.0. The van der Waals surface area contributed by atoms with Crippen LogP contribution in [-0.4, -0.2) is 115 Å². The molecule has 0 aromatic carbocycles. The molecule has 45 heavy (non-hydrogen) atoms. The predicted molar refractivity (Wildman–Crippen MR) is 135 cm³/mol. The standard InChI is InChI=1S/C17H23N5OS.3C2HF3O2/c1-19-5-7-22(8-6-19)17(23)16-14-11-21(10-13-4-3-9-24-13)12-15(14)20(2)18-16;3*3-2(4,5)1(6)7/h3-4,9H,5-8,10-12H2,1-2H3;3*(H,6,7). The number of carbonyl (C=O) groups is 4. The SMILES string of the molecule is CN1CCN(C(=O)c2nn(C)c3c2CN(Cc2cccs2)C3)CC1.O=C(O)C(F)(F)F.O=C(O)C(F)(F)F.O=C(O)C(F)(F)F. The Kier molecular flexibility index (Phi) is 13.8. The second-order valence-electron chi connectivity index (χ2n) is 9.13. The number of hydrogen-bond acceptors (Lipinski definition) is 8. The van der Waals surface area contributed by atoms with Gasteiger partial charge in [-0.1, -0.05) is 6.07 Å². The molecule has 1 amide bonds. The number of carboxylic acids is 3. The molecule has 0 spiro atoms. The third-order valence-corrected chi connectivity index (χ3v) is 6.57. The first-order valence-electron chi connectivity index (χ1n) is 12.1. The van der Waals surface area contributed by atoms with Crippen LogP contribution in [0.4, 0.5) is 39.5 Å². The molecule has 0 radical (unpaired) electrons. The summed E-state index contributed by atoms with van der Waals surface area (Å²) >= 11 is 1.78. The zero-order valence-corrected chi connectivity index (χ0v) is 24.0. The Morgan fingerprint density at radius 2 is 1.24 bits per heavy atom. The molecule has 2 aliphatic rings. The minimum atomic E-state index is -5.08. The van der Waals surface area contributed by atoms with E-state index >= 15 is 0 Å². The van der Waals surface area contributed by atoms with Crippen LogP contribution in [0.3, 0.4) is 0 Å². The second kappa shape index (κ2) is 15.9. The lowest BCUT2D eigenvalue weighted by Crippen LogP contribution is -2.47. The molecule has 2 aromatic rings. The highest BCUT2D eigenvalue weighted by Gasteiger charge is 2.39. The monoisotopic (exact) mass is 687 g/mol. The van der Waals surface area contributed by atoms with Crippen molar-refractivity contribution in [1.29, 1.82) is 0 Å². The number of amides is 1. The van der Waals surface area contributed by atoms with Crippen LogP contribution < -0.4 is 0 Å². The number of thiophene rings is 1. The molecule has 0 atom stereocenters. The summed E-state index contributed by atoms with van der Waals surface area (Å²) in [7, 11) is 4.05. The highest BCUT2D eigenvalue weighted by molar-refractivity contribution is 7.09. The summed E-state index contributed by atoms with van der Waals surface area (Å²) in [6.45, 7) is 6.08. The van der Waals surface area contributed by atoms with Crippen LogP contribution in [0.2, 0.25) is 0 Å². The summed E-state index contributed by atoms with van der Waals surface area (Å²) < 4.78 is 97.1. The number of aryl methyl sites for hydroxylation is 1. The van der Waals surface area contributed by atoms with Crippen molar-refractivity contribution in [2.45, 2.75) is 38.2 Å². The van der Waals surface area contributed by atoms with Crippen LogP contribution in [0.1, 0.15) is 26.6 Å². The third-order valence-electron chi connectivity index (χ3n) is 5.71. The molecule has 2 aliphatic heterocycles. The number of aliphatic carboxylic acids is 3. The van der Waals surface area contributed by atoms with Crippen molar-refractivity contribution in [3.05, 3.63) is 39.3 Å². The largest absolute Gasteiger partial charge is 0.490 e. The van der Waals surface area contributed by atoms with E-state index in [1.807, 2.05) is 16.6 Å². The first-order chi connectivity index (χ1) is 20.4. The summed E-state index contributed by atoms with van der Waals surface area (Å²) in [6, 6.07) is 4.26. The zero-order chi connectivity index (χ0) is 34.9. The molecule has 3 N–H and O–H groups in total. The topological polar surface area (TPSA) is 157 Å². The Labute approximate surface area is 251 Å². The zero-order valence-electron chi connectivity index (χ0n) is 23.2. The highest BCUT2D eigenvalue weighted by atomic mass is 32.1. The number of aromatic nitrogens is 2. The number of fused-ring (bicyclic) bond motifs is 1. The lowest BCUT2D eigenvalue weighted by atomic mass is 10.2. The van der Waals surface area contributed by atoms with Crippen molar-refractivity contribution in [2.24, 2.45) is 7.05 Å². The lowest BCUT2D eigenvalue weighted by Gasteiger charge is -2.32. The van der Waals surface area contributed by atoms with Crippen LogP contribution >= 0.6 is 11.3 Å². The van der Waals surface area contributed by atoms with Gasteiger partial charge in [0.1, 0.15) is 0 Å². The fraction of sp³-hybridized carbons (Fsp3) is 0.522. The molecule has 0 aliphatic carbocycles. The molecule has 1 fully saturated rings. The van der Waals surface area contributed by atoms with E-state index in [9.17, 15) is 44.3 Å². The first kappa shape index (κ1) is 39.1. The Hall–Kier alpha value is -3.92. The molecule has 1 saturated heterocycles. The number of hydrogen-bond donors (Lipinski definition) is 3. The molecule has 0 bridgehead atoms. The number of carboxylic acid groups (broad SMARTS) is 3. The van der Waals surface area contributed by atoms with Crippen LogP contribution in [-0.2, 0) is 41.1 Å². The van der Waals surface area contributed by atoms with Gasteiger partial charge in [0, 0.05) is 63.3 Å². The minimum Gasteiger partial charge on any atom is -0.475 e. The van der Waals surface area contributed by atoms with Gasteiger partial charge in [0.05, 0.1) is 5.69 Å². The molecule has 2 aromatic heterocycles. The van der Waals surface area contributed by atoms with Crippen molar-refractivity contribution < 1.29 is 74.0 Å². The maximum Gasteiger partial charge on any atom is 0.490 e. The normalized spacial score (nSPS) is 15.4. The molecular weight excluding hydrogens is 661 g/mol. The van der Waals surface area contributed by atoms with E-state index in [1.165, 1.54) is 10.6 Å². The smallest absolute Gasteiger partial charge is 0.475 e. The van der Waals surface area contributed by atoms with Gasteiger partial charge in [-0.15, -0.1) is 11.3 Å². The number of rotatable bonds is 3. The maximum absolute atomic E-state index is 12.9. The van der Waals surface area contributed by atoms with Crippen LogP contribution in [0.5, 0.6) is 0 Å². The number of nitrogens with zero attached hydrogens (tertiary/aromatic N) is 5. The van der Waals surface area contributed by atoms with E-state index in [-0.39, 0.29) is 5.91 Å². The molecule has 0 unspecified atom stereocenters. The van der Waals surface area contributed by atoms with Crippen LogP contribution in [0, 0.1) is 0 Å². The van der Waals surface area contributed by atoms with Crippen molar-refractivity contribution in [3.63, 3.8) is 0 Å². The molecular formula is C23H26F9N5O7S. The second-order valence-corrected chi connectivity index (χ2v) is 10.2. The summed E-state index contributed by atoms with van der Waals surface area (Å²) in [5.41, 5.74) is 2.97. The Morgan fingerprint density at radius 3 is 1.62 bits per heavy atom. The minimum absolute atomic E-state index is 0.0953. The van der Waals surface area contributed by atoms with Crippen LogP contribution in [0.25, 0.3) is 0 Å². The number of likely N-dealkylation sites (N-methyl/N-ethyl adjacent to an activating group) is 1. The highest BCUT2D eigenvalue weighted by Crippen LogP contribution is 2.28. The van der Waals surface area contributed by atoms with E-state index in [0.717, 1.165) is 51.4 Å². The Balaban J connectivity index is 0.000000396. The van der Waals surface area contributed by atoms with E-state index in [4.69, 9.17) is 29.7 Å². The van der Waals surface area contributed by atoms with Gasteiger partial charge in [-0.2, -0.15) is 44.6 Å². The first-order valence-corrected chi connectivity index (χ1v) is 13.0. The summed E-state index contributed by atoms with van der Waals surface area (Å²) in [5.74, 6) is -8.18. The van der Waals surface area contributed by atoms with E-state index in [1.54, 1.807) is 11.3 Å². The van der Waals surface area contributed by atoms with Gasteiger partial charge in [-0.3, -0.25) is 14.4 Å². The molecule has 254 valence electrons. The average molecular weight is 688 g/mol. The molecule has 0 saturated carbocycles. The number of halogens is 9. The summed E-state index contributed by atoms with van der Waals surface area (Å²) in [6.07, 6.45) is -15.3. The molecule has 4 rings (SSSR count). The quantitative estimate of drug-likeness (QED) is 0.410. The van der Waals surface area contributed by atoms with Gasteiger partial charge >= 0.3 is 36.4 Å². The van der Waals surface area contributed by atoms with Crippen LogP contribution in [0.15, 0.2) is 17.5 Å². The van der Waals surface area contributed by atoms with Gasteiger partial charge < -0.3 is 25.1 Å². The third kappa shape index (κ3) is 12.9. The fourth-order valence-electron chi connectivity index (χ4n) is 3.52. The van der Waals surface area contributed by atoms with Crippen molar-refractivity contribution in [1.82, 2.24) is 24.5 Å². The lowest BCUT2D eigenvalue weighted by molar-refractivity contribution is -0.193. The van der Waals surface area contributed by atoms with E-state index in [0.29, 0.717) is 5.69 Å². The Morgan fingerprint density at radius 1 is 0.800 bits per heavy atom. The average Bonchev–Trinajstić information content (AvgIpc) is 3.63. The number of carbonyl (C=O) groups excluding carboxylic acids is 1. The molecule has 4 heterocycles. The van der Waals surface area contributed by atoms with Crippen molar-refractivity contribution in [3.8, 4) is 0 Å². The predicted octanol–water partition coefficient (Wildman–Crippen LogP) is 3.28. The fourth-order valence-corrected chi connectivity index (χ4v) is 4.27. The summed E-state index contributed by atoms with van der Waals surface area (Å²) in [4.78, 5) is 47.6. The molecule has 12 nitrogen and oxygen atoms in total. The van der Waals surface area contributed by atoms with E-state index in [2.05, 4.69) is 39.5 Å². The molecule has 22 heteroatoms. The van der Waals surface area contributed by atoms with E-state index < -0.39 is 36.4 Å². The van der Waals surface area contributed by atoms with Gasteiger partial charge in [-0.05, 0) is 18.5 Å². The van der Waals surface area contributed by atoms with Gasteiger partial charge in [-0.25, -0.2) is 14.4 Å².